The smallest absolute Gasteiger partial charge is 0.238 e. The van der Waals surface area contributed by atoms with Gasteiger partial charge in [-0.3, -0.25) is 14.5 Å². The maximum Gasteiger partial charge on any atom is 0.238 e. The Bertz CT molecular complexity index is 1230. The zero-order valence-electron chi connectivity index (χ0n) is 21.7. The van der Waals surface area contributed by atoms with Crippen molar-refractivity contribution in [2.75, 3.05) is 20.7 Å². The van der Waals surface area contributed by atoms with Gasteiger partial charge >= 0.3 is 0 Å². The number of aromatic nitrogens is 2. The molecule has 1 amide bonds. The molecule has 1 saturated heterocycles. The number of unbranched alkanes of at least 4 members (excludes halogenated alkanes) is 2. The minimum Gasteiger partial charge on any atom is -0.480 e. The first kappa shape index (κ1) is 26.7. The highest BCUT2D eigenvalue weighted by Crippen LogP contribution is 2.34. The molecule has 1 fully saturated rings. The monoisotopic (exact) mass is 510 g/mol. The van der Waals surface area contributed by atoms with Crippen molar-refractivity contribution < 1.29 is 23.1 Å². The van der Waals surface area contributed by atoms with E-state index in [-0.39, 0.29) is 24.7 Å². The summed E-state index contributed by atoms with van der Waals surface area (Å²) in [5.41, 5.74) is 1.47. The summed E-state index contributed by atoms with van der Waals surface area (Å²) in [6.45, 7) is 2.11. The number of carbonyl (C=O) groups is 2. The molecule has 1 aliphatic rings. The molecular weight excluding hydrogens is 475 g/mol. The van der Waals surface area contributed by atoms with Crippen LogP contribution in [0.2, 0.25) is 0 Å². The number of likely N-dealkylation sites (N-methyl/N-ethyl adjacent to an activating group) is 1. The van der Waals surface area contributed by atoms with Gasteiger partial charge in [-0.05, 0) is 32.0 Å². The molecule has 1 aromatic carbocycles. The van der Waals surface area contributed by atoms with Crippen LogP contribution in [0.1, 0.15) is 63.8 Å². The largest absolute Gasteiger partial charge is 0.480 e. The van der Waals surface area contributed by atoms with Crippen LogP contribution < -0.4 is 10.1 Å². The highest BCUT2D eigenvalue weighted by Gasteiger charge is 2.36. The number of carbonyl (C=O) groups excluding carboxylic acids is 2. The topological polar surface area (TPSA) is 97.6 Å². The summed E-state index contributed by atoms with van der Waals surface area (Å²) in [5, 5.41) is 3.98. The van der Waals surface area contributed by atoms with E-state index in [9.17, 15) is 14.0 Å². The van der Waals surface area contributed by atoms with Gasteiger partial charge in [0.15, 0.2) is 5.76 Å². The molecule has 0 spiro atoms. The van der Waals surface area contributed by atoms with Crippen LogP contribution in [0.4, 0.5) is 4.39 Å². The molecule has 1 unspecified atom stereocenters. The van der Waals surface area contributed by atoms with Crippen molar-refractivity contribution in [2.24, 2.45) is 0 Å². The van der Waals surface area contributed by atoms with Gasteiger partial charge in [-0.15, -0.1) is 0 Å². The second-order valence-corrected chi connectivity index (χ2v) is 9.64. The van der Waals surface area contributed by atoms with Gasteiger partial charge in [-0.1, -0.05) is 38.0 Å². The van der Waals surface area contributed by atoms with Crippen LogP contribution in [0, 0.1) is 0 Å². The number of hydrogen-bond donors (Lipinski definition) is 1. The fourth-order valence-electron chi connectivity index (χ4n) is 4.80. The number of para-hydroxylation sites is 1. The summed E-state index contributed by atoms with van der Waals surface area (Å²) >= 11 is 0. The van der Waals surface area contributed by atoms with Gasteiger partial charge in [0.1, 0.15) is 18.0 Å². The highest BCUT2D eigenvalue weighted by molar-refractivity contribution is 5.85. The van der Waals surface area contributed by atoms with Gasteiger partial charge in [0, 0.05) is 31.2 Å². The first-order valence-corrected chi connectivity index (χ1v) is 13.0. The average Bonchev–Trinajstić information content (AvgIpc) is 3.52. The lowest BCUT2D eigenvalue weighted by Crippen LogP contribution is -2.43. The summed E-state index contributed by atoms with van der Waals surface area (Å²) in [7, 11) is 3.31. The van der Waals surface area contributed by atoms with Gasteiger partial charge in [-0.25, -0.2) is 14.4 Å². The number of nitrogens with zero attached hydrogens (tertiary/aromatic N) is 3. The molecule has 0 aliphatic carbocycles. The molecule has 0 bridgehead atoms. The van der Waals surface area contributed by atoms with E-state index in [0.717, 1.165) is 30.2 Å². The number of hydrogen-bond acceptors (Lipinski definition) is 7. The SMILES string of the molecule is CCC(=O)CCCCCC(NC(=O)[C@@H]1C[C@H](F)CN1C)c1ncc(-c2cc3ccccc3nc2OC)o1. The molecule has 3 atom stereocenters. The maximum atomic E-state index is 13.9. The number of nitrogens with one attached hydrogen (secondary N) is 1. The summed E-state index contributed by atoms with van der Waals surface area (Å²) in [6.07, 6.45) is 4.92. The molecule has 198 valence electrons. The lowest BCUT2D eigenvalue weighted by molar-refractivity contribution is -0.126. The minimum atomic E-state index is -1.02. The molecular formula is C28H35FN4O4. The van der Waals surface area contributed by atoms with Crippen LogP contribution in [-0.2, 0) is 9.59 Å². The standard InChI is InChI=1S/C28H35FN4O4/c1-4-20(34)11-6-5-7-13-23(31-26(35)24-15-19(29)17-33(24)2)28-30-16-25(37-28)21-14-18-10-8-9-12-22(18)32-27(21)36-3/h8-10,12,14,16,19,23-24H,4-7,11,13,15,17H2,1-3H3,(H,31,35)/t19-,23?,24-/m0/s1. The molecule has 0 saturated carbocycles. The summed E-state index contributed by atoms with van der Waals surface area (Å²) in [5.74, 6) is 1.30. The Morgan fingerprint density at radius 1 is 1.27 bits per heavy atom. The number of rotatable bonds is 12. The van der Waals surface area contributed by atoms with E-state index >= 15 is 0 Å². The van der Waals surface area contributed by atoms with Crippen LogP contribution in [0.15, 0.2) is 40.9 Å². The molecule has 9 heteroatoms. The Morgan fingerprint density at radius 3 is 2.81 bits per heavy atom. The summed E-state index contributed by atoms with van der Waals surface area (Å²) in [4.78, 5) is 35.5. The fourth-order valence-corrected chi connectivity index (χ4v) is 4.80. The first-order valence-electron chi connectivity index (χ1n) is 13.0. The Hall–Kier alpha value is -3.33. The first-order chi connectivity index (χ1) is 17.9. The van der Waals surface area contributed by atoms with Gasteiger partial charge in [0.2, 0.25) is 17.7 Å². The van der Waals surface area contributed by atoms with E-state index in [1.165, 1.54) is 0 Å². The van der Waals surface area contributed by atoms with Crippen molar-refractivity contribution in [3.05, 3.63) is 42.4 Å². The molecule has 37 heavy (non-hydrogen) atoms. The molecule has 8 nitrogen and oxygen atoms in total. The molecule has 1 N–H and O–H groups in total. The molecule has 2 aromatic heterocycles. The summed E-state index contributed by atoms with van der Waals surface area (Å²) < 4.78 is 25.6. The van der Waals surface area contributed by atoms with E-state index in [2.05, 4.69) is 15.3 Å². The number of Topliss-reactive ketones (excluding diaryl/α,β-unsaturated/α-hetero) is 1. The van der Waals surface area contributed by atoms with Crippen LogP contribution >= 0.6 is 0 Å². The number of alkyl halides is 1. The lowest BCUT2D eigenvalue weighted by atomic mass is 10.0. The second-order valence-electron chi connectivity index (χ2n) is 9.64. The van der Waals surface area contributed by atoms with Gasteiger partial charge in [0.05, 0.1) is 30.4 Å². The number of oxazole rings is 1. The zero-order chi connectivity index (χ0) is 26.4. The third-order valence-electron chi connectivity index (χ3n) is 6.93. The number of likely N-dealkylation sites (tertiary alicyclic amines) is 1. The van der Waals surface area contributed by atoms with Crippen LogP contribution in [0.3, 0.4) is 0 Å². The van der Waals surface area contributed by atoms with E-state index in [1.807, 2.05) is 37.3 Å². The predicted molar refractivity (Wildman–Crippen MR) is 139 cm³/mol. The van der Waals surface area contributed by atoms with Crippen molar-refractivity contribution in [1.82, 2.24) is 20.2 Å². The summed E-state index contributed by atoms with van der Waals surface area (Å²) in [6, 6.07) is 8.67. The number of pyridine rings is 1. The van der Waals surface area contributed by atoms with Gasteiger partial charge < -0.3 is 14.5 Å². The number of benzene rings is 1. The van der Waals surface area contributed by atoms with E-state index in [4.69, 9.17) is 9.15 Å². The number of ether oxygens (including phenoxy) is 1. The number of amides is 1. The van der Waals surface area contributed by atoms with Gasteiger partial charge in [0.25, 0.3) is 0 Å². The predicted octanol–water partition coefficient (Wildman–Crippen LogP) is 5.03. The Labute approximate surface area is 216 Å². The average molecular weight is 511 g/mol. The Kier molecular flexibility index (Phi) is 8.87. The van der Waals surface area contributed by atoms with Crippen molar-refractivity contribution in [3.63, 3.8) is 0 Å². The number of fused-ring (bicyclic) bond motifs is 1. The molecule has 0 radical (unpaired) electrons. The van der Waals surface area contributed by atoms with Crippen molar-refractivity contribution >= 4 is 22.6 Å². The number of methoxy groups -OCH3 is 1. The Balaban J connectivity index is 1.53. The van der Waals surface area contributed by atoms with Crippen LogP contribution in [0.5, 0.6) is 5.88 Å². The Morgan fingerprint density at radius 2 is 2.08 bits per heavy atom. The van der Waals surface area contributed by atoms with Crippen molar-refractivity contribution in [1.29, 1.82) is 0 Å². The number of halogens is 1. The normalized spacial score (nSPS) is 18.7. The molecule has 3 aromatic rings. The quantitative estimate of drug-likeness (QED) is 0.341. The fraction of sp³-hybridized carbons (Fsp3) is 0.500. The third kappa shape index (κ3) is 6.52. The second kappa shape index (κ2) is 12.3. The molecule has 4 rings (SSSR count). The van der Waals surface area contributed by atoms with Crippen molar-refractivity contribution in [2.45, 2.75) is 70.1 Å². The number of ketones is 1. The highest BCUT2D eigenvalue weighted by atomic mass is 19.1. The van der Waals surface area contributed by atoms with E-state index in [0.29, 0.717) is 42.4 Å². The van der Waals surface area contributed by atoms with E-state index in [1.54, 1.807) is 25.3 Å². The molecule has 3 heterocycles. The van der Waals surface area contributed by atoms with Crippen LogP contribution in [-0.4, -0.2) is 59.5 Å². The zero-order valence-corrected chi connectivity index (χ0v) is 21.7. The molecule has 1 aliphatic heterocycles. The van der Waals surface area contributed by atoms with Crippen molar-refractivity contribution in [3.8, 4) is 17.2 Å². The minimum absolute atomic E-state index is 0.172. The lowest BCUT2D eigenvalue weighted by Gasteiger charge is -2.22. The van der Waals surface area contributed by atoms with E-state index < -0.39 is 18.3 Å². The van der Waals surface area contributed by atoms with Gasteiger partial charge in [-0.2, -0.15) is 0 Å². The third-order valence-corrected chi connectivity index (χ3v) is 6.93. The van der Waals surface area contributed by atoms with Crippen LogP contribution in [0.25, 0.3) is 22.2 Å². The maximum absolute atomic E-state index is 13.9.